The molecule has 0 unspecified atom stereocenters. The molecule has 0 aliphatic rings. The summed E-state index contributed by atoms with van der Waals surface area (Å²) >= 11 is 5.58. The van der Waals surface area contributed by atoms with E-state index in [4.69, 9.17) is 11.6 Å². The number of rotatable bonds is 4. The Kier molecular flexibility index (Phi) is 4.25. The van der Waals surface area contributed by atoms with E-state index in [0.29, 0.717) is 16.8 Å². The molecule has 0 spiro atoms. The lowest BCUT2D eigenvalue weighted by Gasteiger charge is -2.11. The van der Waals surface area contributed by atoms with Crippen molar-refractivity contribution in [3.05, 3.63) is 58.9 Å². The van der Waals surface area contributed by atoms with E-state index in [1.165, 1.54) is 0 Å². The third-order valence-electron chi connectivity index (χ3n) is 3.10. The number of hydrogen-bond acceptors (Lipinski definition) is 2. The van der Waals surface area contributed by atoms with Gasteiger partial charge in [0.25, 0.3) is 5.91 Å². The highest BCUT2D eigenvalue weighted by Gasteiger charge is 2.16. The number of ketones is 1. The van der Waals surface area contributed by atoms with E-state index in [1.807, 2.05) is 13.0 Å². The molecule has 0 bridgehead atoms. The van der Waals surface area contributed by atoms with Crippen molar-refractivity contribution < 1.29 is 9.59 Å². The van der Waals surface area contributed by atoms with Crippen molar-refractivity contribution in [1.82, 2.24) is 4.68 Å². The molecule has 1 N–H and O–H groups in total. The largest absolute Gasteiger partial charge is 0.293 e. The summed E-state index contributed by atoms with van der Waals surface area (Å²) in [4.78, 5) is 23.8. The predicted molar refractivity (Wildman–Crippen MR) is 79.1 cm³/mol. The number of carbonyl (C=O) groups excluding carboxylic acids is 2. The third kappa shape index (κ3) is 2.75. The Hall–Kier alpha value is -2.07. The number of nitrogens with one attached hydrogen (secondary N) is 1. The van der Waals surface area contributed by atoms with Crippen LogP contribution >= 0.6 is 11.6 Å². The lowest BCUT2D eigenvalue weighted by molar-refractivity contribution is 0.0998. The molecule has 0 aliphatic carbocycles. The molecule has 0 aliphatic heterocycles. The Labute approximate surface area is 122 Å². The van der Waals surface area contributed by atoms with Gasteiger partial charge >= 0.3 is 0 Å². The van der Waals surface area contributed by atoms with Crippen LogP contribution in [0.3, 0.4) is 0 Å². The fraction of sp³-hybridized carbons (Fsp3) is 0.200. The molecule has 0 saturated heterocycles. The quantitative estimate of drug-likeness (QED) is 0.695. The van der Waals surface area contributed by atoms with E-state index in [0.717, 1.165) is 5.69 Å². The van der Waals surface area contributed by atoms with Crippen molar-refractivity contribution >= 4 is 23.3 Å². The smallest absolute Gasteiger partial charge is 0.270 e. The lowest BCUT2D eigenvalue weighted by atomic mass is 10.2. The number of benzene rings is 1. The normalized spacial score (nSPS) is 10.3. The third-order valence-corrected chi connectivity index (χ3v) is 3.34. The summed E-state index contributed by atoms with van der Waals surface area (Å²) in [6, 6.07) is 10.6. The van der Waals surface area contributed by atoms with Crippen molar-refractivity contribution in [1.29, 1.82) is 0 Å². The average Bonchev–Trinajstić information content (AvgIpc) is 2.75. The highest BCUT2D eigenvalue weighted by molar-refractivity contribution is 6.30. The first-order valence-electron chi connectivity index (χ1n) is 6.19. The standard InChI is InChI=1S/C15H15ClN2O2/c1-10-8-13(14(19)9-16)11(2)18(10)17-15(20)12-6-4-3-5-7-12/h3-8H,9H2,1-2H3,(H,17,20). The van der Waals surface area contributed by atoms with Crippen LogP contribution in [0, 0.1) is 13.8 Å². The van der Waals surface area contributed by atoms with Gasteiger partial charge in [-0.15, -0.1) is 11.6 Å². The molecule has 0 saturated carbocycles. The Bertz CT molecular complexity index is 647. The molecule has 5 heteroatoms. The van der Waals surface area contributed by atoms with E-state index in [-0.39, 0.29) is 17.6 Å². The number of nitrogens with zero attached hydrogens (tertiary/aromatic N) is 1. The molecule has 1 aromatic heterocycles. The maximum atomic E-state index is 12.1. The zero-order valence-electron chi connectivity index (χ0n) is 11.3. The second kappa shape index (κ2) is 5.92. The fourth-order valence-corrected chi connectivity index (χ4v) is 2.19. The van der Waals surface area contributed by atoms with Crippen LogP contribution < -0.4 is 5.43 Å². The molecule has 1 aromatic carbocycles. The highest BCUT2D eigenvalue weighted by atomic mass is 35.5. The Morgan fingerprint density at radius 3 is 2.45 bits per heavy atom. The van der Waals surface area contributed by atoms with Crippen LogP contribution in [0.1, 0.15) is 32.1 Å². The van der Waals surface area contributed by atoms with Crippen molar-refractivity contribution in [3.8, 4) is 0 Å². The second-order valence-electron chi connectivity index (χ2n) is 4.48. The van der Waals surface area contributed by atoms with E-state index in [2.05, 4.69) is 5.43 Å². The number of hydrogen-bond donors (Lipinski definition) is 1. The first kappa shape index (κ1) is 14.3. The van der Waals surface area contributed by atoms with Gasteiger partial charge in [-0.25, -0.2) is 0 Å². The van der Waals surface area contributed by atoms with Gasteiger partial charge in [0.2, 0.25) is 0 Å². The Morgan fingerprint density at radius 1 is 1.20 bits per heavy atom. The van der Waals surface area contributed by atoms with Gasteiger partial charge in [0.15, 0.2) is 5.78 Å². The van der Waals surface area contributed by atoms with Crippen LogP contribution in [0.25, 0.3) is 0 Å². The molecule has 2 aromatic rings. The molecule has 104 valence electrons. The van der Waals surface area contributed by atoms with Crippen LogP contribution in [0.4, 0.5) is 0 Å². The minimum atomic E-state index is -0.225. The number of halogens is 1. The molecule has 0 atom stereocenters. The Balaban J connectivity index is 2.29. The first-order chi connectivity index (χ1) is 9.54. The van der Waals surface area contributed by atoms with Crippen molar-refractivity contribution in [2.45, 2.75) is 13.8 Å². The van der Waals surface area contributed by atoms with Gasteiger partial charge in [0.05, 0.1) is 5.88 Å². The summed E-state index contributed by atoms with van der Waals surface area (Å²) in [5.41, 5.74) is 5.33. The van der Waals surface area contributed by atoms with Gasteiger partial charge < -0.3 is 0 Å². The lowest BCUT2D eigenvalue weighted by Crippen LogP contribution is -2.25. The summed E-state index contributed by atoms with van der Waals surface area (Å²) in [7, 11) is 0. The van der Waals surface area contributed by atoms with E-state index < -0.39 is 0 Å². The maximum absolute atomic E-state index is 12.1. The number of carbonyl (C=O) groups is 2. The minimum Gasteiger partial charge on any atom is -0.293 e. The van der Waals surface area contributed by atoms with Crippen LogP contribution in [0.15, 0.2) is 36.4 Å². The molecule has 1 amide bonds. The van der Waals surface area contributed by atoms with Crippen molar-refractivity contribution in [2.24, 2.45) is 0 Å². The average molecular weight is 291 g/mol. The van der Waals surface area contributed by atoms with Gasteiger partial charge in [0.1, 0.15) is 0 Å². The van der Waals surface area contributed by atoms with Gasteiger partial charge in [-0.2, -0.15) is 0 Å². The molecular formula is C15H15ClN2O2. The van der Waals surface area contributed by atoms with Crippen LogP contribution in [0.5, 0.6) is 0 Å². The molecular weight excluding hydrogens is 276 g/mol. The predicted octanol–water partition coefficient (Wildman–Crippen LogP) is 2.91. The minimum absolute atomic E-state index is 0.0725. The number of alkyl halides is 1. The number of amides is 1. The summed E-state index contributed by atoms with van der Waals surface area (Å²) in [6.45, 7) is 3.60. The van der Waals surface area contributed by atoms with Gasteiger partial charge in [-0.05, 0) is 32.0 Å². The summed E-state index contributed by atoms with van der Waals surface area (Å²) in [5, 5.41) is 0. The summed E-state index contributed by atoms with van der Waals surface area (Å²) in [6.07, 6.45) is 0. The Morgan fingerprint density at radius 2 is 1.85 bits per heavy atom. The summed E-state index contributed by atoms with van der Waals surface area (Å²) in [5.74, 6) is -0.450. The number of aromatic nitrogens is 1. The maximum Gasteiger partial charge on any atom is 0.270 e. The summed E-state index contributed by atoms with van der Waals surface area (Å²) < 4.78 is 1.61. The van der Waals surface area contributed by atoms with Crippen LogP contribution in [0.2, 0.25) is 0 Å². The van der Waals surface area contributed by atoms with Gasteiger partial charge in [-0.3, -0.25) is 19.7 Å². The molecule has 4 nitrogen and oxygen atoms in total. The van der Waals surface area contributed by atoms with Crippen LogP contribution in [-0.4, -0.2) is 22.2 Å². The highest BCUT2D eigenvalue weighted by Crippen LogP contribution is 2.15. The van der Waals surface area contributed by atoms with E-state index in [9.17, 15) is 9.59 Å². The van der Waals surface area contributed by atoms with Crippen LogP contribution in [-0.2, 0) is 0 Å². The molecule has 0 radical (unpaired) electrons. The number of Topliss-reactive ketones (excluding diaryl/α,β-unsaturated/α-hetero) is 1. The SMILES string of the molecule is Cc1cc(C(=O)CCl)c(C)n1NC(=O)c1ccccc1. The fourth-order valence-electron chi connectivity index (χ4n) is 2.04. The van der Waals surface area contributed by atoms with E-state index in [1.54, 1.807) is 41.9 Å². The molecule has 2 rings (SSSR count). The molecule has 20 heavy (non-hydrogen) atoms. The zero-order chi connectivity index (χ0) is 14.7. The van der Waals surface area contributed by atoms with Gasteiger partial charge in [0, 0.05) is 22.5 Å². The monoisotopic (exact) mass is 290 g/mol. The topological polar surface area (TPSA) is 51.1 Å². The van der Waals surface area contributed by atoms with Crippen molar-refractivity contribution in [3.63, 3.8) is 0 Å². The second-order valence-corrected chi connectivity index (χ2v) is 4.75. The van der Waals surface area contributed by atoms with E-state index >= 15 is 0 Å². The first-order valence-corrected chi connectivity index (χ1v) is 6.72. The van der Waals surface area contributed by atoms with Gasteiger partial charge in [-0.1, -0.05) is 18.2 Å². The zero-order valence-corrected chi connectivity index (χ0v) is 12.1. The number of aryl methyl sites for hydroxylation is 1. The molecule has 0 fully saturated rings. The van der Waals surface area contributed by atoms with Crippen molar-refractivity contribution in [2.75, 3.05) is 11.3 Å². The molecule has 1 heterocycles.